The van der Waals surface area contributed by atoms with Gasteiger partial charge in [-0.05, 0) is 55.7 Å². The molecule has 0 spiro atoms. The molecule has 1 fully saturated rings. The summed E-state index contributed by atoms with van der Waals surface area (Å²) in [6.07, 6.45) is 1.60. The highest BCUT2D eigenvalue weighted by atomic mass is 16.5. The van der Waals surface area contributed by atoms with E-state index >= 15 is 0 Å². The van der Waals surface area contributed by atoms with Crippen molar-refractivity contribution >= 4 is 5.91 Å². The lowest BCUT2D eigenvalue weighted by Crippen LogP contribution is -2.45. The zero-order valence-corrected chi connectivity index (χ0v) is 18.8. The summed E-state index contributed by atoms with van der Waals surface area (Å²) in [4.78, 5) is 14.7. The second kappa shape index (κ2) is 11.7. The molecule has 1 aliphatic rings. The molecule has 168 valence electrons. The van der Waals surface area contributed by atoms with Gasteiger partial charge in [0, 0.05) is 32.6 Å². The highest BCUT2D eigenvalue weighted by Crippen LogP contribution is 2.18. The molecule has 1 N–H and O–H groups in total. The number of hydrogen-bond acceptors (Lipinski definition) is 5. The van der Waals surface area contributed by atoms with Crippen LogP contribution in [0.3, 0.4) is 0 Å². The largest absolute Gasteiger partial charge is 0.497 e. The first-order chi connectivity index (χ1) is 15.0. The smallest absolute Gasteiger partial charge is 0.220 e. The first-order valence-electron chi connectivity index (χ1n) is 11.0. The Morgan fingerprint density at radius 3 is 2.35 bits per heavy atom. The van der Waals surface area contributed by atoms with Crippen LogP contribution in [0.25, 0.3) is 0 Å². The molecule has 0 aliphatic carbocycles. The number of ether oxygens (including phenoxy) is 3. The Hall–Kier alpha value is -2.57. The number of morpholine rings is 1. The minimum atomic E-state index is 0.0433. The predicted molar refractivity (Wildman–Crippen MR) is 121 cm³/mol. The monoisotopic (exact) mass is 426 g/mol. The lowest BCUT2D eigenvalue weighted by molar-refractivity contribution is -0.121. The summed E-state index contributed by atoms with van der Waals surface area (Å²) in [5, 5.41) is 3.05. The number of carbonyl (C=O) groups excluding carboxylic acids is 1. The van der Waals surface area contributed by atoms with E-state index in [1.165, 1.54) is 5.56 Å². The first-order valence-corrected chi connectivity index (χ1v) is 11.0. The molecule has 1 amide bonds. The van der Waals surface area contributed by atoms with Crippen molar-refractivity contribution in [1.82, 2.24) is 10.2 Å². The Morgan fingerprint density at radius 2 is 1.68 bits per heavy atom. The Labute approximate surface area is 185 Å². The maximum atomic E-state index is 12.3. The van der Waals surface area contributed by atoms with Crippen molar-refractivity contribution in [1.29, 1.82) is 0 Å². The number of carbonyl (C=O) groups is 1. The topological polar surface area (TPSA) is 60.0 Å². The van der Waals surface area contributed by atoms with Crippen LogP contribution >= 0.6 is 0 Å². The van der Waals surface area contributed by atoms with Crippen LogP contribution in [0, 0.1) is 0 Å². The molecule has 2 unspecified atom stereocenters. The molecule has 0 radical (unpaired) electrons. The van der Waals surface area contributed by atoms with Crippen LogP contribution in [0.4, 0.5) is 0 Å². The maximum absolute atomic E-state index is 12.3. The van der Waals surface area contributed by atoms with Gasteiger partial charge >= 0.3 is 0 Å². The van der Waals surface area contributed by atoms with Crippen molar-refractivity contribution < 1.29 is 19.0 Å². The summed E-state index contributed by atoms with van der Waals surface area (Å²) in [5.74, 6) is 1.62. The van der Waals surface area contributed by atoms with E-state index in [4.69, 9.17) is 14.2 Å². The Morgan fingerprint density at radius 1 is 1.03 bits per heavy atom. The summed E-state index contributed by atoms with van der Waals surface area (Å²) in [5.41, 5.74) is 2.42. The summed E-state index contributed by atoms with van der Waals surface area (Å²) in [7, 11) is 1.64. The molecule has 3 rings (SSSR count). The highest BCUT2D eigenvalue weighted by molar-refractivity contribution is 5.75. The van der Waals surface area contributed by atoms with Crippen molar-refractivity contribution in [3.63, 3.8) is 0 Å². The van der Waals surface area contributed by atoms with Gasteiger partial charge in [-0.2, -0.15) is 0 Å². The van der Waals surface area contributed by atoms with Gasteiger partial charge < -0.3 is 19.5 Å². The molecule has 0 saturated carbocycles. The molecule has 2 aromatic carbocycles. The van der Waals surface area contributed by atoms with Crippen LogP contribution in [0.15, 0.2) is 48.5 Å². The number of nitrogens with one attached hydrogen (secondary N) is 1. The molecule has 0 aromatic heterocycles. The van der Waals surface area contributed by atoms with E-state index in [1.54, 1.807) is 7.11 Å². The molecule has 31 heavy (non-hydrogen) atoms. The van der Waals surface area contributed by atoms with E-state index in [-0.39, 0.29) is 18.1 Å². The molecule has 2 aromatic rings. The van der Waals surface area contributed by atoms with Gasteiger partial charge in [0.2, 0.25) is 5.91 Å². The number of benzene rings is 2. The van der Waals surface area contributed by atoms with Crippen LogP contribution in [0.1, 0.15) is 37.8 Å². The van der Waals surface area contributed by atoms with E-state index in [2.05, 4.69) is 42.3 Å². The second-order valence-electron chi connectivity index (χ2n) is 8.12. The van der Waals surface area contributed by atoms with Crippen LogP contribution in [0.5, 0.6) is 11.5 Å². The number of methoxy groups -OCH3 is 1. The first kappa shape index (κ1) is 23.1. The summed E-state index contributed by atoms with van der Waals surface area (Å²) in [6, 6.07) is 15.8. The van der Waals surface area contributed by atoms with Crippen LogP contribution in [-0.4, -0.2) is 49.8 Å². The van der Waals surface area contributed by atoms with E-state index in [0.29, 0.717) is 26.0 Å². The number of nitrogens with zero attached hydrogens (tertiary/aromatic N) is 1. The fraction of sp³-hybridized carbons (Fsp3) is 0.480. The average Bonchev–Trinajstić information content (AvgIpc) is 2.76. The fourth-order valence-electron chi connectivity index (χ4n) is 3.92. The molecule has 6 nitrogen and oxygen atoms in total. The van der Waals surface area contributed by atoms with Crippen molar-refractivity contribution in [3.05, 3.63) is 59.7 Å². The number of amides is 1. The molecule has 1 aliphatic heterocycles. The molecule has 2 atom stereocenters. The van der Waals surface area contributed by atoms with Gasteiger partial charge in [-0.3, -0.25) is 9.69 Å². The van der Waals surface area contributed by atoms with E-state index in [0.717, 1.165) is 36.7 Å². The van der Waals surface area contributed by atoms with Gasteiger partial charge in [-0.25, -0.2) is 0 Å². The van der Waals surface area contributed by atoms with Crippen LogP contribution in [0.2, 0.25) is 0 Å². The minimum absolute atomic E-state index is 0.0433. The second-order valence-corrected chi connectivity index (χ2v) is 8.12. The van der Waals surface area contributed by atoms with Gasteiger partial charge in [-0.1, -0.05) is 24.3 Å². The number of hydrogen-bond donors (Lipinski definition) is 1. The third-order valence-electron chi connectivity index (χ3n) is 5.36. The number of rotatable bonds is 10. The molecule has 1 heterocycles. The summed E-state index contributed by atoms with van der Waals surface area (Å²) < 4.78 is 16.7. The molecular weight excluding hydrogens is 392 g/mol. The molecular formula is C25H34N2O4. The molecule has 0 bridgehead atoms. The van der Waals surface area contributed by atoms with Crippen LogP contribution in [-0.2, 0) is 22.6 Å². The molecule has 1 saturated heterocycles. The lowest BCUT2D eigenvalue weighted by atomic mass is 10.1. The van der Waals surface area contributed by atoms with Crippen molar-refractivity contribution in [2.45, 2.75) is 52.0 Å². The lowest BCUT2D eigenvalue weighted by Gasteiger charge is -2.35. The normalized spacial score (nSPS) is 19.1. The van der Waals surface area contributed by atoms with Gasteiger partial charge in [0.1, 0.15) is 11.5 Å². The van der Waals surface area contributed by atoms with Gasteiger partial charge in [0.25, 0.3) is 0 Å². The average molecular weight is 427 g/mol. The van der Waals surface area contributed by atoms with Crippen molar-refractivity contribution in [2.24, 2.45) is 0 Å². The minimum Gasteiger partial charge on any atom is -0.497 e. The zero-order chi connectivity index (χ0) is 22.1. The zero-order valence-electron chi connectivity index (χ0n) is 18.8. The summed E-state index contributed by atoms with van der Waals surface area (Å²) in [6.45, 7) is 8.02. The SMILES string of the molecule is COc1ccc(OCCCC(=O)NCc2ccccc2CN2CC(C)OC(C)C2)cc1. The van der Waals surface area contributed by atoms with Gasteiger partial charge in [-0.15, -0.1) is 0 Å². The van der Waals surface area contributed by atoms with E-state index < -0.39 is 0 Å². The quantitative estimate of drug-likeness (QED) is 0.586. The Kier molecular flexibility index (Phi) is 8.74. The van der Waals surface area contributed by atoms with E-state index in [9.17, 15) is 4.79 Å². The van der Waals surface area contributed by atoms with Crippen molar-refractivity contribution in [3.8, 4) is 11.5 Å². The Bertz CT molecular complexity index is 815. The highest BCUT2D eigenvalue weighted by Gasteiger charge is 2.22. The van der Waals surface area contributed by atoms with E-state index in [1.807, 2.05) is 30.3 Å². The summed E-state index contributed by atoms with van der Waals surface area (Å²) >= 11 is 0. The fourth-order valence-corrected chi connectivity index (χ4v) is 3.92. The third kappa shape index (κ3) is 7.56. The van der Waals surface area contributed by atoms with Gasteiger partial charge in [0.15, 0.2) is 0 Å². The maximum Gasteiger partial charge on any atom is 0.220 e. The van der Waals surface area contributed by atoms with Gasteiger partial charge in [0.05, 0.1) is 25.9 Å². The standard InChI is InChI=1S/C25H34N2O4/c1-19-16-27(17-20(2)31-19)18-22-8-5-4-7-21(22)15-26-25(28)9-6-14-30-24-12-10-23(29-3)11-13-24/h4-5,7-8,10-13,19-20H,6,9,14-18H2,1-3H3,(H,26,28). The van der Waals surface area contributed by atoms with Crippen LogP contribution < -0.4 is 14.8 Å². The predicted octanol–water partition coefficient (Wildman–Crippen LogP) is 3.78. The van der Waals surface area contributed by atoms with Crippen molar-refractivity contribution in [2.75, 3.05) is 26.8 Å². The Balaban J connectivity index is 1.40. The molecule has 6 heteroatoms. The third-order valence-corrected chi connectivity index (χ3v) is 5.36.